The van der Waals surface area contributed by atoms with Crippen LogP contribution in [0.25, 0.3) is 0 Å². The van der Waals surface area contributed by atoms with E-state index in [1.54, 1.807) is 0 Å². The first kappa shape index (κ1) is 11.1. The molecule has 1 unspecified atom stereocenters. The van der Waals surface area contributed by atoms with Gasteiger partial charge in [-0.25, -0.2) is 0 Å². The molecule has 0 aromatic carbocycles. The van der Waals surface area contributed by atoms with Crippen molar-refractivity contribution in [1.29, 1.82) is 0 Å². The van der Waals surface area contributed by atoms with E-state index in [2.05, 4.69) is 5.10 Å². The molecule has 5 nitrogen and oxygen atoms in total. The standard InChI is InChI=1S/C11H18N4O/c1-9-6-13-15(7-9)3-2-14-8-10(5-12)4-11(14)16/h6-7,10H,2-5,8,12H2,1H3. The van der Waals surface area contributed by atoms with Gasteiger partial charge in [-0.1, -0.05) is 0 Å². The Morgan fingerprint density at radius 3 is 2.94 bits per heavy atom. The Morgan fingerprint density at radius 2 is 2.38 bits per heavy atom. The van der Waals surface area contributed by atoms with Gasteiger partial charge in [0, 0.05) is 25.7 Å². The maximum Gasteiger partial charge on any atom is 0.223 e. The number of amides is 1. The van der Waals surface area contributed by atoms with Crippen molar-refractivity contribution in [1.82, 2.24) is 14.7 Å². The molecule has 2 heterocycles. The van der Waals surface area contributed by atoms with Crippen LogP contribution in [0, 0.1) is 12.8 Å². The lowest BCUT2D eigenvalue weighted by molar-refractivity contribution is -0.127. The molecular formula is C11H18N4O. The third kappa shape index (κ3) is 2.41. The summed E-state index contributed by atoms with van der Waals surface area (Å²) in [7, 11) is 0. The molecule has 0 aliphatic carbocycles. The predicted molar refractivity (Wildman–Crippen MR) is 60.7 cm³/mol. The molecule has 16 heavy (non-hydrogen) atoms. The minimum atomic E-state index is 0.222. The van der Waals surface area contributed by atoms with Crippen LogP contribution in [-0.4, -0.2) is 40.2 Å². The van der Waals surface area contributed by atoms with Gasteiger partial charge >= 0.3 is 0 Å². The second kappa shape index (κ2) is 4.65. The molecule has 1 aromatic heterocycles. The quantitative estimate of drug-likeness (QED) is 0.780. The molecule has 0 bridgehead atoms. The maximum absolute atomic E-state index is 11.6. The zero-order chi connectivity index (χ0) is 11.5. The van der Waals surface area contributed by atoms with Crippen LogP contribution in [0.15, 0.2) is 12.4 Å². The minimum Gasteiger partial charge on any atom is -0.340 e. The summed E-state index contributed by atoms with van der Waals surface area (Å²) in [5, 5.41) is 4.19. The number of likely N-dealkylation sites (tertiary alicyclic amines) is 1. The molecule has 1 amide bonds. The van der Waals surface area contributed by atoms with Crippen LogP contribution >= 0.6 is 0 Å². The molecule has 5 heteroatoms. The van der Waals surface area contributed by atoms with E-state index in [0.717, 1.165) is 25.2 Å². The summed E-state index contributed by atoms with van der Waals surface area (Å²) < 4.78 is 1.87. The highest BCUT2D eigenvalue weighted by Crippen LogP contribution is 2.16. The summed E-state index contributed by atoms with van der Waals surface area (Å²) in [6, 6.07) is 0. The number of carbonyl (C=O) groups excluding carboxylic acids is 1. The molecule has 1 aliphatic rings. The maximum atomic E-state index is 11.6. The Kier molecular flexibility index (Phi) is 3.24. The van der Waals surface area contributed by atoms with Gasteiger partial charge in [0.1, 0.15) is 0 Å². The van der Waals surface area contributed by atoms with Gasteiger partial charge in [0.15, 0.2) is 0 Å². The van der Waals surface area contributed by atoms with E-state index < -0.39 is 0 Å². The zero-order valence-corrected chi connectivity index (χ0v) is 9.59. The fourth-order valence-corrected chi connectivity index (χ4v) is 2.04. The van der Waals surface area contributed by atoms with Crippen molar-refractivity contribution in [3.63, 3.8) is 0 Å². The van der Waals surface area contributed by atoms with Crippen molar-refractivity contribution in [3.05, 3.63) is 18.0 Å². The van der Waals surface area contributed by atoms with Crippen LogP contribution in [0.4, 0.5) is 0 Å². The predicted octanol–water partition coefficient (Wildman–Crippen LogP) is -0.00128. The number of aryl methyl sites for hydroxylation is 1. The highest BCUT2D eigenvalue weighted by atomic mass is 16.2. The van der Waals surface area contributed by atoms with Gasteiger partial charge < -0.3 is 10.6 Å². The van der Waals surface area contributed by atoms with Crippen molar-refractivity contribution < 1.29 is 4.79 Å². The second-order valence-corrected chi connectivity index (χ2v) is 4.43. The average molecular weight is 222 g/mol. The van der Waals surface area contributed by atoms with Crippen molar-refractivity contribution in [3.8, 4) is 0 Å². The SMILES string of the molecule is Cc1cnn(CCN2CC(CN)CC2=O)c1. The molecule has 1 saturated heterocycles. The largest absolute Gasteiger partial charge is 0.340 e. The van der Waals surface area contributed by atoms with Crippen LogP contribution in [0.3, 0.4) is 0 Å². The molecule has 0 radical (unpaired) electrons. The Balaban J connectivity index is 1.84. The van der Waals surface area contributed by atoms with Crippen molar-refractivity contribution in [2.75, 3.05) is 19.6 Å². The van der Waals surface area contributed by atoms with Crippen LogP contribution in [0.2, 0.25) is 0 Å². The third-order valence-electron chi connectivity index (χ3n) is 2.99. The molecule has 2 rings (SSSR count). The van der Waals surface area contributed by atoms with Gasteiger partial charge in [-0.15, -0.1) is 0 Å². The lowest BCUT2D eigenvalue weighted by Crippen LogP contribution is -2.29. The lowest BCUT2D eigenvalue weighted by Gasteiger charge is -2.16. The van der Waals surface area contributed by atoms with E-state index in [9.17, 15) is 4.79 Å². The first-order chi connectivity index (χ1) is 7.69. The summed E-state index contributed by atoms with van der Waals surface area (Å²) in [6.07, 6.45) is 4.42. The smallest absolute Gasteiger partial charge is 0.223 e. The minimum absolute atomic E-state index is 0.222. The number of aromatic nitrogens is 2. The van der Waals surface area contributed by atoms with Gasteiger partial charge in [-0.2, -0.15) is 5.10 Å². The highest BCUT2D eigenvalue weighted by Gasteiger charge is 2.27. The lowest BCUT2D eigenvalue weighted by atomic mass is 10.1. The first-order valence-electron chi connectivity index (χ1n) is 5.66. The topological polar surface area (TPSA) is 64.2 Å². The molecule has 1 aliphatic heterocycles. The van der Waals surface area contributed by atoms with Gasteiger partial charge in [0.2, 0.25) is 5.91 Å². The van der Waals surface area contributed by atoms with E-state index in [-0.39, 0.29) is 5.91 Å². The monoisotopic (exact) mass is 222 g/mol. The third-order valence-corrected chi connectivity index (χ3v) is 2.99. The van der Waals surface area contributed by atoms with Crippen LogP contribution in [-0.2, 0) is 11.3 Å². The second-order valence-electron chi connectivity index (χ2n) is 4.43. The molecule has 0 spiro atoms. The van der Waals surface area contributed by atoms with E-state index >= 15 is 0 Å². The number of rotatable bonds is 4. The average Bonchev–Trinajstić information content (AvgIpc) is 2.82. The highest BCUT2D eigenvalue weighted by molar-refractivity contribution is 5.78. The van der Waals surface area contributed by atoms with Gasteiger partial charge in [-0.05, 0) is 24.9 Å². The molecule has 1 atom stereocenters. The molecule has 1 fully saturated rings. The molecule has 88 valence electrons. The number of carbonyl (C=O) groups is 1. The Bertz CT molecular complexity index is 374. The van der Waals surface area contributed by atoms with E-state index in [4.69, 9.17) is 5.73 Å². The molecule has 1 aromatic rings. The Labute approximate surface area is 95.2 Å². The van der Waals surface area contributed by atoms with Crippen molar-refractivity contribution >= 4 is 5.91 Å². The molecule has 0 saturated carbocycles. The fourth-order valence-electron chi connectivity index (χ4n) is 2.04. The molecule has 2 N–H and O–H groups in total. The summed E-state index contributed by atoms with van der Waals surface area (Å²) >= 11 is 0. The van der Waals surface area contributed by atoms with Crippen molar-refractivity contribution in [2.45, 2.75) is 19.9 Å². The molecular weight excluding hydrogens is 204 g/mol. The normalized spacial score (nSPS) is 20.8. The number of nitrogens with two attached hydrogens (primary N) is 1. The number of hydrogen-bond acceptors (Lipinski definition) is 3. The van der Waals surface area contributed by atoms with Crippen molar-refractivity contribution in [2.24, 2.45) is 11.7 Å². The summed E-state index contributed by atoms with van der Waals surface area (Å²) in [4.78, 5) is 13.5. The summed E-state index contributed by atoms with van der Waals surface area (Å²) in [5.41, 5.74) is 6.72. The zero-order valence-electron chi connectivity index (χ0n) is 9.59. The Morgan fingerprint density at radius 1 is 1.56 bits per heavy atom. The Hall–Kier alpha value is -1.36. The van der Waals surface area contributed by atoms with Crippen LogP contribution in [0.5, 0.6) is 0 Å². The fraction of sp³-hybridized carbons (Fsp3) is 0.636. The number of nitrogens with zero attached hydrogens (tertiary/aromatic N) is 3. The van der Waals surface area contributed by atoms with Gasteiger partial charge in [0.05, 0.1) is 12.7 Å². The summed E-state index contributed by atoms with van der Waals surface area (Å²) in [5.74, 6) is 0.561. The van der Waals surface area contributed by atoms with Crippen LogP contribution in [0.1, 0.15) is 12.0 Å². The van der Waals surface area contributed by atoms with E-state index in [0.29, 0.717) is 18.9 Å². The van der Waals surface area contributed by atoms with Gasteiger partial charge in [0.25, 0.3) is 0 Å². The number of hydrogen-bond donors (Lipinski definition) is 1. The van der Waals surface area contributed by atoms with Gasteiger partial charge in [-0.3, -0.25) is 9.48 Å². The summed E-state index contributed by atoms with van der Waals surface area (Å²) in [6.45, 7) is 4.90. The first-order valence-corrected chi connectivity index (χ1v) is 5.66. The van der Waals surface area contributed by atoms with Crippen LogP contribution < -0.4 is 5.73 Å². The van der Waals surface area contributed by atoms with E-state index in [1.165, 1.54) is 0 Å². The van der Waals surface area contributed by atoms with E-state index in [1.807, 2.05) is 28.9 Å².